The molecule has 0 aromatic heterocycles. The second-order valence-electron chi connectivity index (χ2n) is 2.22. The molecule has 0 nitrogen and oxygen atoms in total. The zero-order chi connectivity index (χ0) is 8.97. The summed E-state index contributed by atoms with van der Waals surface area (Å²) in [4.78, 5) is 0. The van der Waals surface area contributed by atoms with Crippen molar-refractivity contribution in [3.05, 3.63) is 41.9 Å². The van der Waals surface area contributed by atoms with Crippen LogP contribution in [0.5, 0.6) is 0 Å². The van der Waals surface area contributed by atoms with Gasteiger partial charge >= 0.3 is 4.36 Å². The number of hydrogen-bond donors (Lipinski definition) is 0. The molecule has 0 amide bonds. The van der Waals surface area contributed by atoms with Crippen molar-refractivity contribution >= 4 is 56.3 Å². The Morgan fingerprint density at radius 1 is 1.17 bits per heavy atom. The van der Waals surface area contributed by atoms with Crippen LogP contribution in [-0.4, -0.2) is 4.36 Å². The maximum absolute atomic E-state index is 3.49. The third-order valence-corrected chi connectivity index (χ3v) is 2.57. The molecule has 1 aromatic carbocycles. The largest absolute Gasteiger partial charge is 0.323 e. The van der Waals surface area contributed by atoms with Gasteiger partial charge < -0.3 is 0 Å². The molecule has 0 unspecified atom stereocenters. The van der Waals surface area contributed by atoms with Crippen LogP contribution in [0.2, 0.25) is 0 Å². The zero-order valence-corrected chi connectivity index (χ0v) is 10.9. The molecule has 1 rings (SSSR count). The maximum atomic E-state index is 3.49. The second kappa shape index (κ2) is 5.25. The Morgan fingerprint density at radius 3 is 2.25 bits per heavy atom. The molecule has 4 heteroatoms. The Kier molecular flexibility index (Phi) is 4.61. The second-order valence-corrected chi connectivity index (χ2v) is 6.27. The topological polar surface area (TPSA) is 0 Å². The Balaban J connectivity index is 2.85. The lowest BCUT2D eigenvalue weighted by Crippen LogP contribution is -1.84. The summed E-state index contributed by atoms with van der Waals surface area (Å²) in [5, 5.41) is 0. The lowest BCUT2D eigenvalue weighted by atomic mass is 10.1. The van der Waals surface area contributed by atoms with E-state index in [-0.39, 0.29) is 4.36 Å². The van der Waals surface area contributed by atoms with E-state index in [1.807, 2.05) is 24.2 Å². The molecule has 0 saturated carbocycles. The van der Waals surface area contributed by atoms with Crippen molar-refractivity contribution in [3.63, 3.8) is 0 Å². The fourth-order valence-corrected chi connectivity index (χ4v) is 2.57. The van der Waals surface area contributed by atoms with Crippen molar-refractivity contribution < 1.29 is 0 Å². The Morgan fingerprint density at radius 2 is 1.75 bits per heavy atom. The van der Waals surface area contributed by atoms with Crippen molar-refractivity contribution in [2.45, 2.75) is 0 Å². The highest BCUT2D eigenvalue weighted by Crippen LogP contribution is 2.22. The smallest absolute Gasteiger partial charge is 0.133 e. The van der Waals surface area contributed by atoms with Gasteiger partial charge in [-0.25, -0.2) is 0 Å². The van der Waals surface area contributed by atoms with E-state index in [9.17, 15) is 0 Å². The minimum absolute atomic E-state index is 0.208. The molecule has 0 radical (unpaired) electrons. The van der Waals surface area contributed by atoms with E-state index in [1.54, 1.807) is 0 Å². The number of rotatable bonds is 2. The molecule has 0 spiro atoms. The molecule has 0 saturated heterocycles. The van der Waals surface area contributed by atoms with Crippen LogP contribution in [0, 0.1) is 0 Å². The summed E-state index contributed by atoms with van der Waals surface area (Å²) in [6.07, 6.45) is 0. The van der Waals surface area contributed by atoms with E-state index in [0.29, 0.717) is 0 Å². The first-order valence-corrected chi connectivity index (χ1v) is 6.03. The molecule has 0 atom stereocenters. The van der Waals surface area contributed by atoms with Crippen molar-refractivity contribution in [3.8, 4) is 0 Å². The summed E-state index contributed by atoms with van der Waals surface area (Å²) < 4.78 is 1.29. The molecule has 0 bridgehead atoms. The van der Waals surface area contributed by atoms with Crippen molar-refractivity contribution in [2.75, 3.05) is 0 Å². The molecule has 62 valence electrons. The standard InChI is InChI=1S/C8H6BBr3/c10-8(6-9(11)12)7-4-2-1-3-5-7/h1-6H/b8-6-. The quantitative estimate of drug-likeness (QED) is 0.698. The van der Waals surface area contributed by atoms with E-state index in [2.05, 4.69) is 59.6 Å². The Hall–Kier alpha value is 0.465. The third kappa shape index (κ3) is 3.46. The summed E-state index contributed by atoms with van der Waals surface area (Å²) in [7, 11) is 0. The van der Waals surface area contributed by atoms with Gasteiger partial charge in [-0.15, -0.1) is 31.5 Å². The van der Waals surface area contributed by atoms with Crippen molar-refractivity contribution in [1.29, 1.82) is 0 Å². The van der Waals surface area contributed by atoms with E-state index in [1.165, 1.54) is 5.56 Å². The molecule has 0 heterocycles. The molecule has 0 N–H and O–H groups in total. The summed E-state index contributed by atoms with van der Waals surface area (Å²) in [5.41, 5.74) is 1.18. The zero-order valence-electron chi connectivity index (χ0n) is 6.18. The van der Waals surface area contributed by atoms with Crippen LogP contribution in [0.1, 0.15) is 5.56 Å². The van der Waals surface area contributed by atoms with Gasteiger partial charge in [0, 0.05) is 4.48 Å². The average Bonchev–Trinajstić information content (AvgIpc) is 2.05. The highest BCUT2D eigenvalue weighted by molar-refractivity contribution is 9.49. The van der Waals surface area contributed by atoms with Gasteiger partial charge in [-0.2, -0.15) is 0 Å². The lowest BCUT2D eigenvalue weighted by molar-refractivity contribution is 1.66. The predicted octanol–water partition coefficient (Wildman–Crippen LogP) is 4.24. The van der Waals surface area contributed by atoms with E-state index in [4.69, 9.17) is 0 Å². The van der Waals surface area contributed by atoms with Gasteiger partial charge in [0.1, 0.15) is 0 Å². The Labute approximate surface area is 97.6 Å². The number of benzene rings is 1. The van der Waals surface area contributed by atoms with Gasteiger partial charge in [-0.1, -0.05) is 52.2 Å². The highest BCUT2D eigenvalue weighted by Gasteiger charge is 2.01. The monoisotopic (exact) mass is 350 g/mol. The molecule has 0 aliphatic rings. The van der Waals surface area contributed by atoms with Crippen molar-refractivity contribution in [2.24, 2.45) is 0 Å². The van der Waals surface area contributed by atoms with Crippen LogP contribution in [0.4, 0.5) is 0 Å². The average molecular weight is 353 g/mol. The van der Waals surface area contributed by atoms with Crippen LogP contribution < -0.4 is 0 Å². The SMILES string of the molecule is BrB(Br)/C=C(\Br)c1ccccc1. The minimum atomic E-state index is 0.208. The maximum Gasteiger partial charge on any atom is 0.323 e. The normalized spacial score (nSPS) is 11.4. The van der Waals surface area contributed by atoms with Crippen LogP contribution in [0.3, 0.4) is 0 Å². The van der Waals surface area contributed by atoms with Gasteiger partial charge in [0.05, 0.1) is 0 Å². The van der Waals surface area contributed by atoms with Crippen molar-refractivity contribution in [1.82, 2.24) is 0 Å². The minimum Gasteiger partial charge on any atom is -0.133 e. The van der Waals surface area contributed by atoms with Gasteiger partial charge in [0.2, 0.25) is 0 Å². The van der Waals surface area contributed by atoms with Crippen LogP contribution >= 0.6 is 47.4 Å². The summed E-state index contributed by atoms with van der Waals surface area (Å²) in [6, 6.07) is 10.2. The third-order valence-electron chi connectivity index (χ3n) is 1.32. The van der Waals surface area contributed by atoms with E-state index < -0.39 is 0 Å². The van der Waals surface area contributed by atoms with Crippen LogP contribution in [0.25, 0.3) is 4.48 Å². The van der Waals surface area contributed by atoms with E-state index in [0.717, 1.165) is 4.48 Å². The fraction of sp³-hybridized carbons (Fsp3) is 0. The first-order chi connectivity index (χ1) is 5.70. The molecular formula is C8H6BBr3. The van der Waals surface area contributed by atoms with Gasteiger partial charge in [-0.3, -0.25) is 0 Å². The first kappa shape index (κ1) is 10.5. The van der Waals surface area contributed by atoms with Gasteiger partial charge in [0.25, 0.3) is 0 Å². The van der Waals surface area contributed by atoms with Crippen LogP contribution in [0.15, 0.2) is 36.3 Å². The molecule has 0 aliphatic heterocycles. The first-order valence-electron chi connectivity index (χ1n) is 3.41. The lowest BCUT2D eigenvalue weighted by Gasteiger charge is -1.97. The van der Waals surface area contributed by atoms with Crippen LogP contribution in [-0.2, 0) is 0 Å². The number of hydrogen-bond acceptors (Lipinski definition) is 0. The van der Waals surface area contributed by atoms with E-state index >= 15 is 0 Å². The summed E-state index contributed by atoms with van der Waals surface area (Å²) in [5.74, 6) is 2.04. The highest BCUT2D eigenvalue weighted by atomic mass is 79.9. The molecule has 1 aromatic rings. The molecule has 0 fully saturated rings. The Bertz CT molecular complexity index is 269. The molecule has 0 aliphatic carbocycles. The fourth-order valence-electron chi connectivity index (χ4n) is 0.804. The molecule has 12 heavy (non-hydrogen) atoms. The predicted molar refractivity (Wildman–Crippen MR) is 67.0 cm³/mol. The van der Waals surface area contributed by atoms with Gasteiger partial charge in [-0.05, 0) is 5.56 Å². The summed E-state index contributed by atoms with van der Waals surface area (Å²) in [6.45, 7) is 0. The summed E-state index contributed by atoms with van der Waals surface area (Å²) >= 11 is 10.3. The number of halogens is 3. The van der Waals surface area contributed by atoms with Gasteiger partial charge in [0.15, 0.2) is 0 Å². The molecular weight excluding hydrogens is 347 g/mol.